The highest BCUT2D eigenvalue weighted by atomic mass is 16.3. The molecular formula is C14H20N2O2. The van der Waals surface area contributed by atoms with Gasteiger partial charge < -0.3 is 10.0 Å². The van der Waals surface area contributed by atoms with Gasteiger partial charge in [0.25, 0.3) is 0 Å². The SMILES string of the molecule is CN(C)C(C(=O)N1CCC(O)C1)c1ccccc1. The maximum Gasteiger partial charge on any atom is 0.244 e. The van der Waals surface area contributed by atoms with Crippen molar-refractivity contribution in [2.24, 2.45) is 0 Å². The number of benzene rings is 1. The summed E-state index contributed by atoms with van der Waals surface area (Å²) in [5.74, 6) is 0.0720. The number of nitrogens with zero attached hydrogens (tertiary/aromatic N) is 2. The van der Waals surface area contributed by atoms with E-state index >= 15 is 0 Å². The van der Waals surface area contributed by atoms with Gasteiger partial charge in [-0.25, -0.2) is 0 Å². The van der Waals surface area contributed by atoms with Crippen LogP contribution < -0.4 is 0 Å². The molecular weight excluding hydrogens is 228 g/mol. The smallest absolute Gasteiger partial charge is 0.244 e. The fourth-order valence-electron chi connectivity index (χ4n) is 2.41. The highest BCUT2D eigenvalue weighted by Crippen LogP contribution is 2.23. The third-order valence-corrected chi connectivity index (χ3v) is 3.34. The van der Waals surface area contributed by atoms with E-state index in [4.69, 9.17) is 0 Å². The minimum atomic E-state index is -0.368. The summed E-state index contributed by atoms with van der Waals surface area (Å²) in [5.41, 5.74) is 0.994. The van der Waals surface area contributed by atoms with Crippen LogP contribution in [0.3, 0.4) is 0 Å². The van der Waals surface area contributed by atoms with Gasteiger partial charge in [-0.1, -0.05) is 30.3 Å². The van der Waals surface area contributed by atoms with Crippen LogP contribution in [0.4, 0.5) is 0 Å². The van der Waals surface area contributed by atoms with Crippen molar-refractivity contribution in [2.75, 3.05) is 27.2 Å². The monoisotopic (exact) mass is 248 g/mol. The zero-order valence-electron chi connectivity index (χ0n) is 10.9. The van der Waals surface area contributed by atoms with Crippen LogP contribution in [0.1, 0.15) is 18.0 Å². The van der Waals surface area contributed by atoms with E-state index in [1.165, 1.54) is 0 Å². The van der Waals surface area contributed by atoms with Crippen molar-refractivity contribution in [3.63, 3.8) is 0 Å². The van der Waals surface area contributed by atoms with Gasteiger partial charge in [-0.05, 0) is 26.1 Å². The van der Waals surface area contributed by atoms with Gasteiger partial charge in [-0.15, -0.1) is 0 Å². The molecule has 4 heteroatoms. The number of hydrogen-bond acceptors (Lipinski definition) is 3. The van der Waals surface area contributed by atoms with Crippen molar-refractivity contribution < 1.29 is 9.90 Å². The first kappa shape index (κ1) is 13.1. The number of β-amino-alcohol motifs (C(OH)–C–C–N with tert-alkyl or cyclic N) is 1. The van der Waals surface area contributed by atoms with Crippen LogP contribution in [-0.4, -0.2) is 54.1 Å². The topological polar surface area (TPSA) is 43.8 Å². The highest BCUT2D eigenvalue weighted by Gasteiger charge is 2.31. The molecule has 1 aliphatic heterocycles. The Kier molecular flexibility index (Phi) is 3.99. The lowest BCUT2D eigenvalue weighted by Crippen LogP contribution is -2.39. The molecule has 4 nitrogen and oxygen atoms in total. The van der Waals surface area contributed by atoms with E-state index in [1.54, 1.807) is 4.90 Å². The van der Waals surface area contributed by atoms with Gasteiger partial charge in [-0.2, -0.15) is 0 Å². The predicted molar refractivity (Wildman–Crippen MR) is 70.1 cm³/mol. The molecule has 0 aliphatic carbocycles. The largest absolute Gasteiger partial charge is 0.391 e. The number of likely N-dealkylation sites (tertiary alicyclic amines) is 1. The molecule has 1 fully saturated rings. The van der Waals surface area contributed by atoms with E-state index in [1.807, 2.05) is 49.3 Å². The summed E-state index contributed by atoms with van der Waals surface area (Å²) < 4.78 is 0. The highest BCUT2D eigenvalue weighted by molar-refractivity contribution is 5.83. The minimum Gasteiger partial charge on any atom is -0.391 e. The average molecular weight is 248 g/mol. The van der Waals surface area contributed by atoms with Crippen LogP contribution in [-0.2, 0) is 4.79 Å². The second-order valence-electron chi connectivity index (χ2n) is 5.00. The number of aliphatic hydroxyl groups is 1. The Balaban J connectivity index is 2.18. The van der Waals surface area contributed by atoms with Crippen molar-refractivity contribution in [2.45, 2.75) is 18.6 Å². The maximum atomic E-state index is 12.5. The molecule has 0 spiro atoms. The summed E-state index contributed by atoms with van der Waals surface area (Å²) in [4.78, 5) is 16.2. The van der Waals surface area contributed by atoms with Crippen LogP contribution >= 0.6 is 0 Å². The van der Waals surface area contributed by atoms with Gasteiger partial charge in [0.2, 0.25) is 5.91 Å². The first-order valence-electron chi connectivity index (χ1n) is 6.28. The quantitative estimate of drug-likeness (QED) is 0.863. The van der Waals surface area contributed by atoms with Crippen LogP contribution in [0.15, 0.2) is 30.3 Å². The Labute approximate surface area is 108 Å². The molecule has 0 saturated carbocycles. The van der Waals surface area contributed by atoms with Crippen molar-refractivity contribution in [1.29, 1.82) is 0 Å². The van der Waals surface area contributed by atoms with Gasteiger partial charge >= 0.3 is 0 Å². The van der Waals surface area contributed by atoms with E-state index in [-0.39, 0.29) is 18.1 Å². The zero-order chi connectivity index (χ0) is 13.1. The van der Waals surface area contributed by atoms with E-state index < -0.39 is 0 Å². The van der Waals surface area contributed by atoms with E-state index in [2.05, 4.69) is 0 Å². The standard InChI is InChI=1S/C14H20N2O2/c1-15(2)13(11-6-4-3-5-7-11)14(18)16-9-8-12(17)10-16/h3-7,12-13,17H,8-10H2,1-2H3. The Morgan fingerprint density at radius 2 is 2.06 bits per heavy atom. The third kappa shape index (κ3) is 2.71. The Hall–Kier alpha value is -1.39. The van der Waals surface area contributed by atoms with Crippen molar-refractivity contribution in [3.05, 3.63) is 35.9 Å². The van der Waals surface area contributed by atoms with Crippen LogP contribution in [0.25, 0.3) is 0 Å². The molecule has 1 N–H and O–H groups in total. The predicted octanol–water partition coefficient (Wildman–Crippen LogP) is 0.882. The van der Waals surface area contributed by atoms with Gasteiger partial charge in [0.1, 0.15) is 6.04 Å². The molecule has 2 rings (SSSR count). The molecule has 98 valence electrons. The normalized spacial score (nSPS) is 21.3. The number of carbonyl (C=O) groups excluding carboxylic acids is 1. The molecule has 1 aliphatic rings. The van der Waals surface area contributed by atoms with Crippen molar-refractivity contribution in [1.82, 2.24) is 9.80 Å². The van der Waals surface area contributed by atoms with Gasteiger partial charge in [0.15, 0.2) is 0 Å². The molecule has 1 aromatic carbocycles. The first-order chi connectivity index (χ1) is 8.59. The number of likely N-dealkylation sites (N-methyl/N-ethyl adjacent to an activating group) is 1. The van der Waals surface area contributed by atoms with Gasteiger partial charge in [-0.3, -0.25) is 9.69 Å². The van der Waals surface area contributed by atoms with E-state index in [0.29, 0.717) is 19.5 Å². The summed E-state index contributed by atoms with van der Waals surface area (Å²) in [6.45, 7) is 1.10. The summed E-state index contributed by atoms with van der Waals surface area (Å²) >= 11 is 0. The van der Waals surface area contributed by atoms with Crippen LogP contribution in [0.5, 0.6) is 0 Å². The average Bonchev–Trinajstić information content (AvgIpc) is 2.77. The van der Waals surface area contributed by atoms with Crippen LogP contribution in [0.2, 0.25) is 0 Å². The minimum absolute atomic E-state index is 0.0720. The lowest BCUT2D eigenvalue weighted by atomic mass is 10.0. The van der Waals surface area contributed by atoms with Crippen molar-refractivity contribution in [3.8, 4) is 0 Å². The van der Waals surface area contributed by atoms with Crippen LogP contribution in [0, 0.1) is 0 Å². The number of aliphatic hydroxyl groups excluding tert-OH is 1. The van der Waals surface area contributed by atoms with E-state index in [0.717, 1.165) is 5.56 Å². The molecule has 1 saturated heterocycles. The lowest BCUT2D eigenvalue weighted by molar-refractivity contribution is -0.135. The maximum absolute atomic E-state index is 12.5. The molecule has 0 bridgehead atoms. The molecule has 1 aromatic rings. The summed E-state index contributed by atoms with van der Waals surface area (Å²) in [7, 11) is 3.81. The molecule has 2 unspecified atom stereocenters. The first-order valence-corrected chi connectivity index (χ1v) is 6.28. The summed E-state index contributed by atoms with van der Waals surface area (Å²) in [6.07, 6.45) is 0.313. The number of amides is 1. The second-order valence-corrected chi connectivity index (χ2v) is 5.00. The lowest BCUT2D eigenvalue weighted by Gasteiger charge is -2.28. The molecule has 1 heterocycles. The summed E-state index contributed by atoms with van der Waals surface area (Å²) in [6, 6.07) is 9.50. The third-order valence-electron chi connectivity index (χ3n) is 3.34. The molecule has 0 radical (unpaired) electrons. The number of rotatable bonds is 3. The molecule has 18 heavy (non-hydrogen) atoms. The molecule has 2 atom stereocenters. The second kappa shape index (κ2) is 5.50. The van der Waals surface area contributed by atoms with Gasteiger partial charge in [0.05, 0.1) is 6.10 Å². The molecule has 0 aromatic heterocycles. The number of hydrogen-bond donors (Lipinski definition) is 1. The Morgan fingerprint density at radius 3 is 2.56 bits per heavy atom. The zero-order valence-corrected chi connectivity index (χ0v) is 10.9. The molecule has 1 amide bonds. The Morgan fingerprint density at radius 1 is 1.39 bits per heavy atom. The summed E-state index contributed by atoms with van der Waals surface area (Å²) in [5, 5.41) is 9.53. The Bertz CT molecular complexity index is 406. The fraction of sp³-hybridized carbons (Fsp3) is 0.500. The van der Waals surface area contributed by atoms with E-state index in [9.17, 15) is 9.90 Å². The van der Waals surface area contributed by atoms with Crippen molar-refractivity contribution >= 4 is 5.91 Å². The fourth-order valence-corrected chi connectivity index (χ4v) is 2.41. The van der Waals surface area contributed by atoms with Gasteiger partial charge in [0, 0.05) is 13.1 Å². The number of carbonyl (C=O) groups is 1.